The van der Waals surface area contributed by atoms with Crippen LogP contribution < -0.4 is 0 Å². The summed E-state index contributed by atoms with van der Waals surface area (Å²) in [5.74, 6) is -0.176. The van der Waals surface area contributed by atoms with Crippen molar-refractivity contribution in [2.45, 2.75) is 12.5 Å². The van der Waals surface area contributed by atoms with Crippen molar-refractivity contribution in [3.8, 4) is 0 Å². The molecule has 8 heteroatoms. The number of hydrazine groups is 1. The van der Waals surface area contributed by atoms with Crippen molar-refractivity contribution in [2.24, 2.45) is 0 Å². The maximum atomic E-state index is 12.5. The molecule has 1 unspecified atom stereocenters. The maximum Gasteiger partial charge on any atom is 0.261 e. The number of amides is 1. The number of sulfone groups is 1. The third-order valence-electron chi connectivity index (χ3n) is 3.51. The van der Waals surface area contributed by atoms with Crippen molar-refractivity contribution < 1.29 is 13.2 Å². The monoisotopic (exact) mass is 376 g/mol. The van der Waals surface area contributed by atoms with Crippen molar-refractivity contribution in [3.63, 3.8) is 0 Å². The topological polar surface area (TPSA) is 57.7 Å². The van der Waals surface area contributed by atoms with Gasteiger partial charge < -0.3 is 0 Å². The molecule has 126 valence electrons. The largest absolute Gasteiger partial charge is 0.268 e. The fraction of sp³-hybridized carbons (Fsp3) is 0.400. The van der Waals surface area contributed by atoms with Crippen molar-refractivity contribution in [3.05, 3.63) is 39.9 Å². The molecule has 1 atom stereocenters. The number of carbonyl (C=O) groups is 1. The molecule has 0 aromatic heterocycles. The lowest BCUT2D eigenvalue weighted by atomic mass is 10.2. The maximum absolute atomic E-state index is 12.5. The average molecular weight is 377 g/mol. The second-order valence-electron chi connectivity index (χ2n) is 5.62. The summed E-state index contributed by atoms with van der Waals surface area (Å²) < 4.78 is 23.3. The van der Waals surface area contributed by atoms with E-state index in [1.807, 2.05) is 0 Å². The summed E-state index contributed by atoms with van der Waals surface area (Å²) in [6.07, 6.45) is 3.45. The van der Waals surface area contributed by atoms with Crippen LogP contribution in [0.1, 0.15) is 12.0 Å². The lowest BCUT2D eigenvalue weighted by molar-refractivity contribution is -0.143. The highest BCUT2D eigenvalue weighted by Gasteiger charge is 2.35. The Labute approximate surface area is 146 Å². The zero-order valence-electron chi connectivity index (χ0n) is 12.9. The number of carbonyl (C=O) groups excluding carboxylic acids is 1. The highest BCUT2D eigenvalue weighted by atomic mass is 35.5. The molecule has 0 saturated carbocycles. The number of nitrogens with zero attached hydrogens (tertiary/aromatic N) is 2. The van der Waals surface area contributed by atoms with E-state index in [1.54, 1.807) is 43.4 Å². The molecule has 0 aliphatic carbocycles. The smallest absolute Gasteiger partial charge is 0.261 e. The standard InChI is InChI=1S/C15H18Cl2N2O3S/c1-18(2)19(14-5-6-23(21,22)10-14)15(20)4-3-11-7-12(16)9-13(17)8-11/h3-4,7-9,14H,5-6,10H2,1-2H3/b4-3+. The third kappa shape index (κ3) is 4.94. The van der Waals surface area contributed by atoms with Crippen LogP contribution in [0.15, 0.2) is 24.3 Å². The van der Waals surface area contributed by atoms with Gasteiger partial charge in [-0.25, -0.2) is 13.4 Å². The predicted octanol–water partition coefficient (Wildman–Crippen LogP) is 2.50. The van der Waals surface area contributed by atoms with Crippen LogP contribution in [0.25, 0.3) is 6.08 Å². The highest BCUT2D eigenvalue weighted by molar-refractivity contribution is 7.91. The van der Waals surface area contributed by atoms with Crippen LogP contribution in [0, 0.1) is 0 Å². The average Bonchev–Trinajstić information content (AvgIpc) is 2.75. The Morgan fingerprint density at radius 3 is 2.30 bits per heavy atom. The van der Waals surface area contributed by atoms with Crippen molar-refractivity contribution >= 4 is 45.0 Å². The van der Waals surface area contributed by atoms with Gasteiger partial charge in [0.15, 0.2) is 9.84 Å². The normalized spacial score (nSPS) is 20.3. The summed E-state index contributed by atoms with van der Waals surface area (Å²) in [6, 6.07) is 4.65. The lowest BCUT2D eigenvalue weighted by Gasteiger charge is -2.32. The first kappa shape index (κ1) is 18.3. The van der Waals surface area contributed by atoms with Gasteiger partial charge in [0.2, 0.25) is 0 Å². The molecule has 1 aromatic rings. The number of benzene rings is 1. The fourth-order valence-electron chi connectivity index (χ4n) is 2.59. The lowest BCUT2D eigenvalue weighted by Crippen LogP contribution is -2.48. The SMILES string of the molecule is CN(C)N(C(=O)/C=C/c1cc(Cl)cc(Cl)c1)C1CCS(=O)(=O)C1. The fourth-order valence-corrected chi connectivity index (χ4v) is 4.82. The van der Waals surface area contributed by atoms with Crippen LogP contribution in [-0.4, -0.2) is 56.0 Å². The molecule has 1 amide bonds. The molecule has 5 nitrogen and oxygen atoms in total. The van der Waals surface area contributed by atoms with E-state index in [0.29, 0.717) is 22.0 Å². The molecule has 0 bridgehead atoms. The van der Waals surface area contributed by atoms with Crippen molar-refractivity contribution in [1.29, 1.82) is 0 Å². The molecule has 1 saturated heterocycles. The summed E-state index contributed by atoms with van der Waals surface area (Å²) in [5.41, 5.74) is 0.702. The van der Waals surface area contributed by atoms with Gasteiger partial charge in [-0.3, -0.25) is 9.80 Å². The first-order valence-corrected chi connectivity index (χ1v) is 9.61. The quantitative estimate of drug-likeness (QED) is 0.598. The molecular weight excluding hydrogens is 359 g/mol. The molecular formula is C15H18Cl2N2O3S. The number of halogens is 2. The van der Waals surface area contributed by atoms with Gasteiger partial charge in [-0.05, 0) is 36.3 Å². The van der Waals surface area contributed by atoms with Gasteiger partial charge in [0.05, 0.1) is 17.5 Å². The van der Waals surface area contributed by atoms with Gasteiger partial charge in [0.25, 0.3) is 5.91 Å². The summed E-state index contributed by atoms with van der Waals surface area (Å²) in [5, 5.41) is 4.04. The van der Waals surface area contributed by atoms with E-state index in [0.717, 1.165) is 0 Å². The summed E-state index contributed by atoms with van der Waals surface area (Å²) in [6.45, 7) is 0. The van der Waals surface area contributed by atoms with E-state index in [9.17, 15) is 13.2 Å². The predicted molar refractivity (Wildman–Crippen MR) is 93.1 cm³/mol. The van der Waals surface area contributed by atoms with Crippen molar-refractivity contribution in [1.82, 2.24) is 10.0 Å². The Morgan fingerprint density at radius 1 is 1.22 bits per heavy atom. The van der Waals surface area contributed by atoms with Gasteiger partial charge in [-0.1, -0.05) is 23.2 Å². The Kier molecular flexibility index (Phi) is 5.73. The van der Waals surface area contributed by atoms with Crippen LogP contribution in [0.5, 0.6) is 0 Å². The Bertz CT molecular complexity index is 712. The molecule has 1 heterocycles. The van der Waals surface area contributed by atoms with E-state index in [2.05, 4.69) is 0 Å². The summed E-state index contributed by atoms with van der Waals surface area (Å²) in [7, 11) is 0.365. The number of hydrogen-bond acceptors (Lipinski definition) is 4. The molecule has 1 aliphatic rings. The number of rotatable bonds is 4. The van der Waals surface area contributed by atoms with Crippen LogP contribution in [-0.2, 0) is 14.6 Å². The summed E-state index contributed by atoms with van der Waals surface area (Å²) >= 11 is 11.8. The second kappa shape index (κ2) is 7.21. The first-order valence-electron chi connectivity index (χ1n) is 7.03. The Morgan fingerprint density at radius 2 is 1.83 bits per heavy atom. The Balaban J connectivity index is 2.17. The molecule has 1 aromatic carbocycles. The second-order valence-corrected chi connectivity index (χ2v) is 8.72. The van der Waals surface area contributed by atoms with E-state index in [1.165, 1.54) is 11.1 Å². The van der Waals surface area contributed by atoms with Crippen LogP contribution in [0.3, 0.4) is 0 Å². The van der Waals surface area contributed by atoms with Crippen molar-refractivity contribution in [2.75, 3.05) is 25.6 Å². The molecule has 0 spiro atoms. The molecule has 1 fully saturated rings. The molecule has 2 rings (SSSR count). The zero-order valence-corrected chi connectivity index (χ0v) is 15.2. The molecule has 0 radical (unpaired) electrons. The van der Waals surface area contributed by atoms with E-state index in [4.69, 9.17) is 23.2 Å². The highest BCUT2D eigenvalue weighted by Crippen LogP contribution is 2.21. The van der Waals surface area contributed by atoms with Gasteiger partial charge >= 0.3 is 0 Å². The minimum absolute atomic E-state index is 0.00620. The van der Waals surface area contributed by atoms with Crippen LogP contribution in [0.2, 0.25) is 10.0 Å². The minimum Gasteiger partial charge on any atom is -0.268 e. The zero-order chi connectivity index (χ0) is 17.2. The van der Waals surface area contributed by atoms with E-state index in [-0.39, 0.29) is 23.5 Å². The van der Waals surface area contributed by atoms with Gasteiger partial charge in [0, 0.05) is 30.2 Å². The number of hydrogen-bond donors (Lipinski definition) is 0. The minimum atomic E-state index is -3.07. The van der Waals surface area contributed by atoms with E-state index < -0.39 is 9.84 Å². The third-order valence-corrected chi connectivity index (χ3v) is 5.70. The van der Waals surface area contributed by atoms with E-state index >= 15 is 0 Å². The molecule has 0 N–H and O–H groups in total. The van der Waals surface area contributed by atoms with Crippen LogP contribution >= 0.6 is 23.2 Å². The Hall–Kier alpha value is -1.08. The van der Waals surface area contributed by atoms with Gasteiger partial charge in [0.1, 0.15) is 0 Å². The first-order chi connectivity index (χ1) is 10.7. The van der Waals surface area contributed by atoms with Gasteiger partial charge in [-0.15, -0.1) is 0 Å². The molecule has 23 heavy (non-hydrogen) atoms. The van der Waals surface area contributed by atoms with Gasteiger partial charge in [-0.2, -0.15) is 0 Å². The summed E-state index contributed by atoms with van der Waals surface area (Å²) in [4.78, 5) is 12.5. The van der Waals surface area contributed by atoms with Crippen LogP contribution in [0.4, 0.5) is 0 Å². The molecule has 1 aliphatic heterocycles.